The van der Waals surface area contributed by atoms with E-state index in [0.717, 1.165) is 5.56 Å². The predicted molar refractivity (Wildman–Crippen MR) is 126 cm³/mol. The van der Waals surface area contributed by atoms with Gasteiger partial charge in [-0.3, -0.25) is 14.6 Å². The third-order valence-corrected chi connectivity index (χ3v) is 4.95. The minimum atomic E-state index is -0.368. The number of amides is 1. The number of aromatic nitrogens is 3. The fourth-order valence-electron chi connectivity index (χ4n) is 3.01. The average molecular weight is 462 g/mol. The van der Waals surface area contributed by atoms with Gasteiger partial charge in [-0.2, -0.15) is 5.10 Å². The minimum absolute atomic E-state index is 0.209. The highest BCUT2D eigenvalue weighted by atomic mass is 35.5. The van der Waals surface area contributed by atoms with E-state index in [9.17, 15) is 9.59 Å². The van der Waals surface area contributed by atoms with Crippen LogP contribution in [0, 0.1) is 0 Å². The summed E-state index contributed by atoms with van der Waals surface area (Å²) in [6, 6.07) is 17.3. The van der Waals surface area contributed by atoms with E-state index in [0.29, 0.717) is 28.6 Å². The van der Waals surface area contributed by atoms with Gasteiger partial charge in [-0.15, -0.1) is 0 Å². The van der Waals surface area contributed by atoms with Gasteiger partial charge in [0, 0.05) is 42.3 Å². The Morgan fingerprint density at radius 3 is 2.64 bits per heavy atom. The van der Waals surface area contributed by atoms with Gasteiger partial charge in [-0.05, 0) is 54.1 Å². The predicted octanol–water partition coefficient (Wildman–Crippen LogP) is 4.29. The van der Waals surface area contributed by atoms with E-state index in [1.165, 1.54) is 10.9 Å². The highest BCUT2D eigenvalue weighted by Gasteiger charge is 2.14. The highest BCUT2D eigenvalue weighted by Crippen LogP contribution is 2.29. The molecule has 4 aromatic rings. The topological polar surface area (TPSA) is 98.1 Å². The number of aryl methyl sites for hydroxylation is 1. The van der Waals surface area contributed by atoms with Crippen molar-refractivity contribution >= 4 is 28.9 Å². The van der Waals surface area contributed by atoms with Gasteiger partial charge in [0.2, 0.25) is 0 Å². The molecule has 0 radical (unpaired) electrons. The lowest BCUT2D eigenvalue weighted by atomic mass is 10.2. The van der Waals surface area contributed by atoms with Crippen molar-refractivity contribution in [1.29, 1.82) is 0 Å². The number of anilines is 2. The first-order valence-corrected chi connectivity index (χ1v) is 10.4. The van der Waals surface area contributed by atoms with Crippen LogP contribution in [0.2, 0.25) is 5.02 Å². The number of halogens is 1. The monoisotopic (exact) mass is 461 g/mol. The summed E-state index contributed by atoms with van der Waals surface area (Å²) < 4.78 is 7.04. The number of pyridine rings is 1. The molecular formula is C24H20ClN5O3. The van der Waals surface area contributed by atoms with Gasteiger partial charge in [0.1, 0.15) is 5.75 Å². The van der Waals surface area contributed by atoms with Crippen molar-refractivity contribution in [2.24, 2.45) is 7.05 Å². The minimum Gasteiger partial charge on any atom is -0.453 e. The van der Waals surface area contributed by atoms with Gasteiger partial charge < -0.3 is 15.4 Å². The SMILES string of the molecule is Cn1ncc(Oc2cccc(Cl)c2)c(Nc2ccc(C(=O)NCc3cccnc3)cc2)c1=O. The lowest BCUT2D eigenvalue weighted by molar-refractivity contribution is 0.0951. The molecule has 2 heterocycles. The average Bonchev–Trinajstić information content (AvgIpc) is 2.83. The van der Waals surface area contributed by atoms with Crippen LogP contribution in [-0.2, 0) is 13.6 Å². The normalized spacial score (nSPS) is 10.5. The van der Waals surface area contributed by atoms with Gasteiger partial charge in [0.05, 0.1) is 6.20 Å². The van der Waals surface area contributed by atoms with Crippen LogP contribution in [0.15, 0.2) is 84.0 Å². The van der Waals surface area contributed by atoms with Crippen molar-refractivity contribution in [3.63, 3.8) is 0 Å². The molecule has 8 nitrogen and oxygen atoms in total. The summed E-state index contributed by atoms with van der Waals surface area (Å²) in [7, 11) is 1.55. The van der Waals surface area contributed by atoms with Crippen LogP contribution in [0.25, 0.3) is 0 Å². The molecule has 166 valence electrons. The maximum absolute atomic E-state index is 12.7. The number of rotatable bonds is 7. The summed E-state index contributed by atoms with van der Waals surface area (Å²) in [4.78, 5) is 29.2. The molecule has 0 fully saturated rings. The van der Waals surface area contributed by atoms with Gasteiger partial charge in [-0.1, -0.05) is 23.7 Å². The molecule has 0 saturated heterocycles. The number of carbonyl (C=O) groups excluding carboxylic acids is 1. The van der Waals surface area contributed by atoms with Crippen molar-refractivity contribution in [3.05, 3.63) is 106 Å². The second kappa shape index (κ2) is 9.97. The second-order valence-electron chi connectivity index (χ2n) is 7.12. The molecular weight excluding hydrogens is 442 g/mol. The molecule has 33 heavy (non-hydrogen) atoms. The van der Waals surface area contributed by atoms with E-state index >= 15 is 0 Å². The van der Waals surface area contributed by atoms with E-state index in [4.69, 9.17) is 16.3 Å². The number of ether oxygens (including phenoxy) is 1. The first kappa shape index (κ1) is 22.0. The molecule has 0 aliphatic carbocycles. The van der Waals surface area contributed by atoms with Crippen molar-refractivity contribution < 1.29 is 9.53 Å². The van der Waals surface area contributed by atoms with Crippen LogP contribution in [-0.4, -0.2) is 20.7 Å². The van der Waals surface area contributed by atoms with Crippen molar-refractivity contribution in [3.8, 4) is 11.5 Å². The van der Waals surface area contributed by atoms with E-state index in [-0.39, 0.29) is 22.9 Å². The molecule has 0 aliphatic heterocycles. The van der Waals surface area contributed by atoms with Gasteiger partial charge in [0.15, 0.2) is 11.4 Å². The molecule has 0 unspecified atom stereocenters. The quantitative estimate of drug-likeness (QED) is 0.426. The van der Waals surface area contributed by atoms with Crippen LogP contribution in [0.1, 0.15) is 15.9 Å². The Morgan fingerprint density at radius 1 is 1.09 bits per heavy atom. The van der Waals surface area contributed by atoms with Crippen molar-refractivity contribution in [2.45, 2.75) is 6.54 Å². The standard InChI is InChI=1S/C24H20ClN5O3/c1-30-24(32)22(21(15-28-30)33-20-6-2-5-18(25)12-20)29-19-9-7-17(8-10-19)23(31)27-14-16-4-3-11-26-13-16/h2-13,15,29H,14H2,1H3,(H,27,31). The first-order chi connectivity index (χ1) is 16.0. The molecule has 0 spiro atoms. The van der Waals surface area contributed by atoms with Crippen LogP contribution in [0.3, 0.4) is 0 Å². The third-order valence-electron chi connectivity index (χ3n) is 4.72. The number of nitrogens with zero attached hydrogens (tertiary/aromatic N) is 3. The molecule has 1 amide bonds. The lowest BCUT2D eigenvalue weighted by Crippen LogP contribution is -2.23. The summed E-state index contributed by atoms with van der Waals surface area (Å²) >= 11 is 6.02. The maximum Gasteiger partial charge on any atom is 0.294 e. The summed E-state index contributed by atoms with van der Waals surface area (Å²) in [6.45, 7) is 0.379. The fraction of sp³-hybridized carbons (Fsp3) is 0.0833. The Bertz CT molecular complexity index is 1320. The Labute approximate surface area is 194 Å². The summed E-state index contributed by atoms with van der Waals surface area (Å²) in [6.07, 6.45) is 4.83. The molecule has 2 N–H and O–H groups in total. The Morgan fingerprint density at radius 2 is 1.91 bits per heavy atom. The zero-order valence-electron chi connectivity index (χ0n) is 17.7. The van der Waals surface area contributed by atoms with Crippen molar-refractivity contribution in [1.82, 2.24) is 20.1 Å². The summed E-state index contributed by atoms with van der Waals surface area (Å²) in [5.74, 6) is 0.509. The van der Waals surface area contributed by atoms with E-state index < -0.39 is 0 Å². The zero-order valence-corrected chi connectivity index (χ0v) is 18.4. The lowest BCUT2D eigenvalue weighted by Gasteiger charge is -2.13. The molecule has 9 heteroatoms. The van der Waals surface area contributed by atoms with E-state index in [1.807, 2.05) is 12.1 Å². The largest absolute Gasteiger partial charge is 0.453 e. The molecule has 4 rings (SSSR count). The number of benzene rings is 2. The third kappa shape index (κ3) is 5.55. The van der Waals surface area contributed by atoms with E-state index in [1.54, 1.807) is 68.0 Å². The van der Waals surface area contributed by atoms with Crippen LogP contribution in [0.5, 0.6) is 11.5 Å². The molecule has 2 aromatic carbocycles. The smallest absolute Gasteiger partial charge is 0.294 e. The van der Waals surface area contributed by atoms with Gasteiger partial charge in [0.25, 0.3) is 11.5 Å². The molecule has 2 aromatic heterocycles. The molecule has 0 aliphatic rings. The summed E-state index contributed by atoms with van der Waals surface area (Å²) in [5.41, 5.74) is 1.85. The number of hydrogen-bond donors (Lipinski definition) is 2. The molecule has 0 atom stereocenters. The molecule has 0 bridgehead atoms. The first-order valence-electron chi connectivity index (χ1n) is 10.0. The fourth-order valence-corrected chi connectivity index (χ4v) is 3.19. The Balaban J connectivity index is 1.50. The number of carbonyl (C=O) groups is 1. The van der Waals surface area contributed by atoms with Gasteiger partial charge in [-0.25, -0.2) is 4.68 Å². The van der Waals surface area contributed by atoms with Gasteiger partial charge >= 0.3 is 0 Å². The summed E-state index contributed by atoms with van der Waals surface area (Å²) in [5, 5.41) is 10.5. The van der Waals surface area contributed by atoms with Crippen molar-refractivity contribution in [2.75, 3.05) is 5.32 Å². The Kier molecular flexibility index (Phi) is 6.66. The van der Waals surface area contributed by atoms with Crippen LogP contribution < -0.4 is 20.9 Å². The maximum atomic E-state index is 12.7. The van der Waals surface area contributed by atoms with Crippen LogP contribution >= 0.6 is 11.6 Å². The van der Waals surface area contributed by atoms with E-state index in [2.05, 4.69) is 20.7 Å². The molecule has 0 saturated carbocycles. The second-order valence-corrected chi connectivity index (χ2v) is 7.55. The van der Waals surface area contributed by atoms with Crippen LogP contribution in [0.4, 0.5) is 11.4 Å². The number of hydrogen-bond acceptors (Lipinski definition) is 6. The Hall–Kier alpha value is -4.17. The highest BCUT2D eigenvalue weighted by molar-refractivity contribution is 6.30. The zero-order chi connectivity index (χ0) is 23.2. The number of nitrogens with one attached hydrogen (secondary N) is 2.